The Bertz CT molecular complexity index is 1130. The van der Waals surface area contributed by atoms with Crippen LogP contribution in [-0.2, 0) is 18.9 Å². The summed E-state index contributed by atoms with van der Waals surface area (Å²) in [5.41, 5.74) is 0.625. The van der Waals surface area contributed by atoms with E-state index in [1.807, 2.05) is 6.07 Å². The minimum Gasteiger partial charge on any atom is -0.494 e. The fraction of sp³-hybridized carbons (Fsp3) is 0.368. The molecule has 0 radical (unpaired) electrons. The molecule has 0 saturated heterocycles. The highest BCUT2D eigenvalue weighted by atomic mass is 32.1. The van der Waals surface area contributed by atoms with Gasteiger partial charge in [0.15, 0.2) is 16.3 Å². The second-order valence-corrected chi connectivity index (χ2v) is 7.01. The van der Waals surface area contributed by atoms with Gasteiger partial charge in [-0.25, -0.2) is 5.01 Å². The van der Waals surface area contributed by atoms with Gasteiger partial charge in [0.05, 0.1) is 26.0 Å². The molecule has 154 valence electrons. The molecule has 1 atom stereocenters. The van der Waals surface area contributed by atoms with Gasteiger partial charge < -0.3 is 14.6 Å². The second-order valence-electron chi connectivity index (χ2n) is 6.65. The molecule has 1 aliphatic heterocycles. The molecule has 0 spiro atoms. The van der Waals surface area contributed by atoms with Crippen LogP contribution in [0.1, 0.15) is 30.5 Å². The van der Waals surface area contributed by atoms with Crippen LogP contribution in [0.2, 0.25) is 0 Å². The summed E-state index contributed by atoms with van der Waals surface area (Å²) >= 11 is 5.16. The number of nitrogens with zero attached hydrogens (tertiary/aromatic N) is 4. The molecule has 1 aromatic carbocycles. The number of aromatic hydroxyl groups is 1. The molecular formula is C19H22N4O5S. The van der Waals surface area contributed by atoms with Gasteiger partial charge in [0, 0.05) is 27.4 Å². The third-order valence-electron chi connectivity index (χ3n) is 4.95. The van der Waals surface area contributed by atoms with Crippen LogP contribution >= 0.6 is 12.2 Å². The van der Waals surface area contributed by atoms with Gasteiger partial charge in [-0.05, 0) is 29.9 Å². The van der Waals surface area contributed by atoms with Crippen LogP contribution in [0.5, 0.6) is 17.4 Å². The van der Waals surface area contributed by atoms with Crippen LogP contribution in [0.25, 0.3) is 0 Å². The molecule has 1 amide bonds. The van der Waals surface area contributed by atoms with Gasteiger partial charge >= 0.3 is 0 Å². The summed E-state index contributed by atoms with van der Waals surface area (Å²) < 4.78 is 13.4. The summed E-state index contributed by atoms with van der Waals surface area (Å²) in [7, 11) is 6.15. The van der Waals surface area contributed by atoms with Crippen molar-refractivity contribution in [1.82, 2.24) is 14.1 Å². The highest BCUT2D eigenvalue weighted by molar-refractivity contribution is 7.71. The van der Waals surface area contributed by atoms with E-state index in [9.17, 15) is 14.7 Å². The van der Waals surface area contributed by atoms with Gasteiger partial charge in [0.1, 0.15) is 5.56 Å². The van der Waals surface area contributed by atoms with Crippen molar-refractivity contribution in [2.45, 2.75) is 19.4 Å². The number of carbonyl (C=O) groups is 1. The molecule has 0 saturated carbocycles. The molecule has 1 aliphatic rings. The zero-order chi connectivity index (χ0) is 21.5. The van der Waals surface area contributed by atoms with E-state index in [4.69, 9.17) is 21.7 Å². The monoisotopic (exact) mass is 418 g/mol. The van der Waals surface area contributed by atoms with Crippen LogP contribution < -0.4 is 15.0 Å². The van der Waals surface area contributed by atoms with Crippen molar-refractivity contribution in [2.24, 2.45) is 19.2 Å². The summed E-state index contributed by atoms with van der Waals surface area (Å²) in [4.78, 5) is 25.0. The molecule has 9 nitrogen and oxygen atoms in total. The van der Waals surface area contributed by atoms with E-state index in [2.05, 4.69) is 5.10 Å². The Kier molecular flexibility index (Phi) is 5.47. The number of rotatable bonds is 4. The Morgan fingerprint density at radius 3 is 2.45 bits per heavy atom. The summed E-state index contributed by atoms with van der Waals surface area (Å²) in [5, 5.41) is 16.2. The molecular weight excluding hydrogens is 396 g/mol. The van der Waals surface area contributed by atoms with Crippen molar-refractivity contribution >= 4 is 23.8 Å². The number of amides is 1. The predicted molar refractivity (Wildman–Crippen MR) is 109 cm³/mol. The first-order valence-electron chi connectivity index (χ1n) is 8.79. The molecule has 1 aromatic heterocycles. The lowest BCUT2D eigenvalue weighted by molar-refractivity contribution is -0.130. The highest BCUT2D eigenvalue weighted by Crippen LogP contribution is 2.37. The van der Waals surface area contributed by atoms with Crippen molar-refractivity contribution in [3.8, 4) is 17.4 Å². The summed E-state index contributed by atoms with van der Waals surface area (Å²) in [6, 6.07) is 4.86. The zero-order valence-corrected chi connectivity index (χ0v) is 17.6. The van der Waals surface area contributed by atoms with Crippen molar-refractivity contribution < 1.29 is 19.4 Å². The number of benzene rings is 1. The quantitative estimate of drug-likeness (QED) is 0.762. The van der Waals surface area contributed by atoms with Crippen molar-refractivity contribution in [1.29, 1.82) is 0 Å². The largest absolute Gasteiger partial charge is 0.494 e. The molecule has 2 heterocycles. The molecule has 29 heavy (non-hydrogen) atoms. The first-order valence-corrected chi connectivity index (χ1v) is 9.20. The van der Waals surface area contributed by atoms with Gasteiger partial charge in [0.2, 0.25) is 11.8 Å². The van der Waals surface area contributed by atoms with Crippen LogP contribution in [0.15, 0.2) is 28.1 Å². The number of methoxy groups -OCH3 is 2. The molecule has 0 fully saturated rings. The molecule has 0 unspecified atom stereocenters. The average molecular weight is 418 g/mol. The Morgan fingerprint density at radius 2 is 1.86 bits per heavy atom. The van der Waals surface area contributed by atoms with Gasteiger partial charge in [-0.15, -0.1) is 0 Å². The topological polar surface area (TPSA) is 98.3 Å². The highest BCUT2D eigenvalue weighted by Gasteiger charge is 2.34. The zero-order valence-electron chi connectivity index (χ0n) is 16.8. The van der Waals surface area contributed by atoms with E-state index in [-0.39, 0.29) is 28.5 Å². The number of ether oxygens (including phenoxy) is 2. The lowest BCUT2D eigenvalue weighted by Crippen LogP contribution is -2.28. The lowest BCUT2D eigenvalue weighted by atomic mass is 9.98. The normalized spacial score (nSPS) is 16.0. The molecule has 3 rings (SSSR count). The van der Waals surface area contributed by atoms with E-state index in [1.165, 1.54) is 42.3 Å². The third kappa shape index (κ3) is 3.39. The standard InChI is InChI=1S/C19H22N4O5S/c1-10(24)23-13(11-6-7-14(27-4)15(8-11)28-5)9-12(20-23)16-17(25)21(2)19(29)22(3)18(16)26/h6-8,13,25H,9H2,1-5H3/t13-/m1/s1. The van der Waals surface area contributed by atoms with E-state index in [1.54, 1.807) is 19.2 Å². The maximum absolute atomic E-state index is 12.8. The minimum atomic E-state index is -0.471. The van der Waals surface area contributed by atoms with Crippen molar-refractivity contribution in [3.05, 3.63) is 44.5 Å². The molecule has 1 N–H and O–H groups in total. The number of carbonyl (C=O) groups excluding carboxylic acids is 1. The predicted octanol–water partition coefficient (Wildman–Crippen LogP) is 1.87. The van der Waals surface area contributed by atoms with Gasteiger partial charge in [-0.1, -0.05) is 6.07 Å². The Hall–Kier alpha value is -3.14. The molecule has 10 heteroatoms. The van der Waals surface area contributed by atoms with Crippen LogP contribution in [-0.4, -0.2) is 45.1 Å². The second kappa shape index (κ2) is 7.70. The SMILES string of the molecule is COc1ccc([C@H]2CC(c3c(O)n(C)c(=S)n(C)c3=O)=NN2C(C)=O)cc1OC. The molecule has 0 aliphatic carbocycles. The number of hydrogen-bond donors (Lipinski definition) is 1. The fourth-order valence-electron chi connectivity index (χ4n) is 3.36. The van der Waals surface area contributed by atoms with Gasteiger partial charge in [-0.3, -0.25) is 18.7 Å². The maximum atomic E-state index is 12.8. The van der Waals surface area contributed by atoms with Crippen molar-refractivity contribution in [2.75, 3.05) is 14.2 Å². The van der Waals surface area contributed by atoms with E-state index in [0.29, 0.717) is 17.2 Å². The minimum absolute atomic E-state index is 0.0258. The van der Waals surface area contributed by atoms with E-state index < -0.39 is 11.6 Å². The average Bonchev–Trinajstić information content (AvgIpc) is 3.15. The summed E-state index contributed by atoms with van der Waals surface area (Å²) in [6.45, 7) is 1.39. The van der Waals surface area contributed by atoms with E-state index >= 15 is 0 Å². The number of hydrazone groups is 1. The Balaban J connectivity index is 2.11. The van der Waals surface area contributed by atoms with Crippen LogP contribution in [0.4, 0.5) is 0 Å². The number of aromatic nitrogens is 2. The summed E-state index contributed by atoms with van der Waals surface area (Å²) in [5.74, 6) is 0.501. The van der Waals surface area contributed by atoms with E-state index in [0.717, 1.165) is 5.56 Å². The third-order valence-corrected chi connectivity index (χ3v) is 5.50. The van der Waals surface area contributed by atoms with Gasteiger partial charge in [-0.2, -0.15) is 5.10 Å². The smallest absolute Gasteiger partial charge is 0.267 e. The van der Waals surface area contributed by atoms with Crippen LogP contribution in [0.3, 0.4) is 0 Å². The fourth-order valence-corrected chi connectivity index (χ4v) is 3.53. The maximum Gasteiger partial charge on any atom is 0.267 e. The Labute approximate surface area is 172 Å². The Morgan fingerprint density at radius 1 is 1.21 bits per heavy atom. The first-order chi connectivity index (χ1) is 13.7. The van der Waals surface area contributed by atoms with Gasteiger partial charge in [0.25, 0.3) is 5.56 Å². The van der Waals surface area contributed by atoms with Crippen LogP contribution in [0, 0.1) is 4.77 Å². The van der Waals surface area contributed by atoms with Crippen molar-refractivity contribution in [3.63, 3.8) is 0 Å². The lowest BCUT2D eigenvalue weighted by Gasteiger charge is -2.21. The summed E-state index contributed by atoms with van der Waals surface area (Å²) in [6.07, 6.45) is 0.245. The first kappa shape index (κ1) is 20.6. The molecule has 0 bridgehead atoms. The number of hydrogen-bond acceptors (Lipinski definition) is 7. The molecule has 2 aromatic rings.